The van der Waals surface area contributed by atoms with Crippen LogP contribution in [0.2, 0.25) is 0 Å². The molecule has 5 heteroatoms. The van der Waals surface area contributed by atoms with E-state index in [1.807, 2.05) is 24.3 Å². The van der Waals surface area contributed by atoms with Crippen molar-refractivity contribution in [2.24, 2.45) is 11.3 Å². The lowest BCUT2D eigenvalue weighted by molar-refractivity contribution is -0.121. The van der Waals surface area contributed by atoms with E-state index in [4.69, 9.17) is 0 Å². The molecule has 1 saturated heterocycles. The molecule has 2 N–H and O–H groups in total. The number of aryl methyl sites for hydroxylation is 1. The Labute approximate surface area is 162 Å². The third-order valence-corrected chi connectivity index (χ3v) is 5.41. The summed E-state index contributed by atoms with van der Waals surface area (Å²) in [6.45, 7) is 9.88. The maximum Gasteiger partial charge on any atom is 0.243 e. The first-order valence-corrected chi connectivity index (χ1v) is 9.85. The zero-order valence-corrected chi connectivity index (χ0v) is 16.8. The molecule has 2 aliphatic rings. The number of para-hydroxylation sites is 1. The van der Waals surface area contributed by atoms with Gasteiger partial charge in [0.15, 0.2) is 0 Å². The minimum absolute atomic E-state index is 0.0158. The number of nitrogens with zero attached hydrogens (tertiary/aromatic N) is 1. The fraction of sp³-hybridized carbons (Fsp3) is 0.545. The fourth-order valence-electron chi connectivity index (χ4n) is 3.85. The SMILES string of the molecule is C[C@@H]1CN(C2CCc3ccccc3NC2=O)C[C@H]1NC(=O)/C=C/C(C)(C)C. The van der Waals surface area contributed by atoms with Crippen molar-refractivity contribution in [1.29, 1.82) is 0 Å². The number of hydrogen-bond donors (Lipinski definition) is 2. The van der Waals surface area contributed by atoms with Crippen molar-refractivity contribution in [1.82, 2.24) is 10.2 Å². The predicted octanol–water partition coefficient (Wildman–Crippen LogP) is 2.98. The Kier molecular flexibility index (Phi) is 5.70. The van der Waals surface area contributed by atoms with Crippen LogP contribution < -0.4 is 10.6 Å². The van der Waals surface area contributed by atoms with E-state index >= 15 is 0 Å². The van der Waals surface area contributed by atoms with E-state index in [-0.39, 0.29) is 29.3 Å². The van der Waals surface area contributed by atoms with Crippen LogP contribution in [0.15, 0.2) is 36.4 Å². The normalized spacial score (nSPS) is 26.5. The summed E-state index contributed by atoms with van der Waals surface area (Å²) in [5, 5.41) is 6.20. The van der Waals surface area contributed by atoms with E-state index in [0.29, 0.717) is 12.5 Å². The lowest BCUT2D eigenvalue weighted by atomic mass is 9.96. The average molecular weight is 370 g/mol. The van der Waals surface area contributed by atoms with E-state index in [1.54, 1.807) is 6.08 Å². The highest BCUT2D eigenvalue weighted by atomic mass is 16.2. The number of allylic oxidation sites excluding steroid dienone is 1. The molecule has 0 radical (unpaired) electrons. The minimum Gasteiger partial charge on any atom is -0.348 e. The molecule has 0 saturated carbocycles. The van der Waals surface area contributed by atoms with Crippen LogP contribution in [0.4, 0.5) is 5.69 Å². The third-order valence-electron chi connectivity index (χ3n) is 5.41. The van der Waals surface area contributed by atoms with Gasteiger partial charge in [0, 0.05) is 24.8 Å². The van der Waals surface area contributed by atoms with Gasteiger partial charge < -0.3 is 10.6 Å². The topological polar surface area (TPSA) is 61.4 Å². The second-order valence-corrected chi connectivity index (χ2v) is 8.95. The molecule has 3 atom stereocenters. The molecule has 3 rings (SSSR count). The van der Waals surface area contributed by atoms with E-state index in [1.165, 1.54) is 5.56 Å². The summed E-state index contributed by atoms with van der Waals surface area (Å²) in [5.41, 5.74) is 2.10. The summed E-state index contributed by atoms with van der Waals surface area (Å²) in [7, 11) is 0. The zero-order valence-electron chi connectivity index (χ0n) is 16.8. The molecule has 1 fully saturated rings. The summed E-state index contributed by atoms with van der Waals surface area (Å²) >= 11 is 0. The lowest BCUT2D eigenvalue weighted by Crippen LogP contribution is -2.44. The molecule has 1 unspecified atom stereocenters. The first-order valence-electron chi connectivity index (χ1n) is 9.85. The number of fused-ring (bicyclic) bond motifs is 1. The Morgan fingerprint density at radius 2 is 2.00 bits per heavy atom. The fourth-order valence-corrected chi connectivity index (χ4v) is 3.85. The van der Waals surface area contributed by atoms with Gasteiger partial charge >= 0.3 is 0 Å². The summed E-state index contributed by atoms with van der Waals surface area (Å²) in [5.74, 6) is 0.323. The number of benzene rings is 1. The highest BCUT2D eigenvalue weighted by Gasteiger charge is 2.38. The second-order valence-electron chi connectivity index (χ2n) is 8.95. The number of rotatable bonds is 3. The highest BCUT2D eigenvalue weighted by Crippen LogP contribution is 2.27. The molecule has 0 aromatic heterocycles. The standard InChI is InChI=1S/C22H31N3O2/c1-15-13-25(14-18(15)23-20(26)11-12-22(2,3)4)19-10-9-16-7-5-6-8-17(16)24-21(19)27/h5-8,11-12,15,18-19H,9-10,13-14H2,1-4H3,(H,23,26)(H,24,27)/b12-11+/t15-,18-,19?/m1/s1. The maximum absolute atomic E-state index is 12.8. The molecule has 27 heavy (non-hydrogen) atoms. The molecule has 2 amide bonds. The number of hydrogen-bond acceptors (Lipinski definition) is 3. The Morgan fingerprint density at radius 3 is 2.74 bits per heavy atom. The quantitative estimate of drug-likeness (QED) is 0.805. The number of likely N-dealkylation sites (tertiary alicyclic amines) is 1. The summed E-state index contributed by atoms with van der Waals surface area (Å²) in [6.07, 6.45) is 5.25. The van der Waals surface area contributed by atoms with Gasteiger partial charge in [-0.25, -0.2) is 0 Å². The smallest absolute Gasteiger partial charge is 0.243 e. The summed E-state index contributed by atoms with van der Waals surface area (Å²) in [4.78, 5) is 27.2. The first kappa shape index (κ1) is 19.6. The molecule has 0 spiro atoms. The van der Waals surface area contributed by atoms with Crippen molar-refractivity contribution in [2.75, 3.05) is 18.4 Å². The maximum atomic E-state index is 12.8. The van der Waals surface area contributed by atoms with Crippen LogP contribution in [0.5, 0.6) is 0 Å². The van der Waals surface area contributed by atoms with Gasteiger partial charge in [-0.1, -0.05) is 52.0 Å². The number of carbonyl (C=O) groups excluding carboxylic acids is 2. The van der Waals surface area contributed by atoms with Crippen LogP contribution in [0.25, 0.3) is 0 Å². The van der Waals surface area contributed by atoms with Gasteiger partial charge in [0.1, 0.15) is 0 Å². The van der Waals surface area contributed by atoms with Gasteiger partial charge in [-0.2, -0.15) is 0 Å². The molecule has 146 valence electrons. The van der Waals surface area contributed by atoms with Gasteiger partial charge in [-0.05, 0) is 41.9 Å². The van der Waals surface area contributed by atoms with Crippen LogP contribution in [-0.2, 0) is 16.0 Å². The first-order chi connectivity index (χ1) is 12.7. The Balaban J connectivity index is 1.62. The van der Waals surface area contributed by atoms with Gasteiger partial charge in [-0.3, -0.25) is 14.5 Å². The van der Waals surface area contributed by atoms with E-state index in [0.717, 1.165) is 25.1 Å². The van der Waals surface area contributed by atoms with Crippen LogP contribution >= 0.6 is 0 Å². The average Bonchev–Trinajstić information content (AvgIpc) is 2.84. The summed E-state index contributed by atoms with van der Waals surface area (Å²) in [6, 6.07) is 7.93. The number of carbonyl (C=O) groups is 2. The molecular weight excluding hydrogens is 338 g/mol. The van der Waals surface area contributed by atoms with Crippen molar-refractivity contribution in [2.45, 2.75) is 52.6 Å². The van der Waals surface area contributed by atoms with E-state index in [9.17, 15) is 9.59 Å². The van der Waals surface area contributed by atoms with Crippen molar-refractivity contribution in [3.05, 3.63) is 42.0 Å². The van der Waals surface area contributed by atoms with E-state index in [2.05, 4.69) is 49.3 Å². The zero-order chi connectivity index (χ0) is 19.6. The predicted molar refractivity (Wildman–Crippen MR) is 108 cm³/mol. The highest BCUT2D eigenvalue weighted by molar-refractivity contribution is 5.96. The third kappa shape index (κ3) is 4.98. The molecule has 2 heterocycles. The van der Waals surface area contributed by atoms with Gasteiger partial charge in [0.2, 0.25) is 11.8 Å². The Bertz CT molecular complexity index is 735. The molecule has 1 aromatic carbocycles. The van der Waals surface area contributed by atoms with Crippen LogP contribution in [-0.4, -0.2) is 41.9 Å². The summed E-state index contributed by atoms with van der Waals surface area (Å²) < 4.78 is 0. The van der Waals surface area contributed by atoms with Crippen molar-refractivity contribution in [3.63, 3.8) is 0 Å². The molecule has 5 nitrogen and oxygen atoms in total. The van der Waals surface area contributed by atoms with Crippen molar-refractivity contribution >= 4 is 17.5 Å². The largest absolute Gasteiger partial charge is 0.348 e. The van der Waals surface area contributed by atoms with Crippen molar-refractivity contribution in [3.8, 4) is 0 Å². The van der Waals surface area contributed by atoms with Crippen LogP contribution in [0.1, 0.15) is 39.7 Å². The van der Waals surface area contributed by atoms with Gasteiger partial charge in [0.05, 0.1) is 6.04 Å². The van der Waals surface area contributed by atoms with Crippen molar-refractivity contribution < 1.29 is 9.59 Å². The van der Waals surface area contributed by atoms with Gasteiger partial charge in [0.25, 0.3) is 0 Å². The number of amides is 2. The van der Waals surface area contributed by atoms with Gasteiger partial charge in [-0.15, -0.1) is 0 Å². The second kappa shape index (κ2) is 7.85. The Hall–Kier alpha value is -2.14. The van der Waals surface area contributed by atoms with Crippen LogP contribution in [0.3, 0.4) is 0 Å². The monoisotopic (exact) mass is 369 g/mol. The lowest BCUT2D eigenvalue weighted by Gasteiger charge is -2.25. The molecule has 1 aromatic rings. The molecule has 0 bridgehead atoms. The minimum atomic E-state index is -0.146. The number of nitrogens with one attached hydrogen (secondary N) is 2. The molecule has 0 aliphatic carbocycles. The number of anilines is 1. The van der Waals surface area contributed by atoms with E-state index < -0.39 is 0 Å². The van der Waals surface area contributed by atoms with Crippen LogP contribution in [0, 0.1) is 11.3 Å². The molecule has 2 aliphatic heterocycles. The Morgan fingerprint density at radius 1 is 1.26 bits per heavy atom. The molecular formula is C22H31N3O2.